The van der Waals surface area contributed by atoms with Crippen LogP contribution in [0.1, 0.15) is 61.8 Å². The number of fused-ring (bicyclic) bond motifs is 3. The topological polar surface area (TPSA) is 161 Å². The van der Waals surface area contributed by atoms with Crippen molar-refractivity contribution in [3.8, 4) is 5.75 Å². The van der Waals surface area contributed by atoms with Crippen LogP contribution in [0, 0.1) is 23.7 Å². The maximum atomic E-state index is 14.6. The number of amides is 1. The van der Waals surface area contributed by atoms with Gasteiger partial charge >= 0.3 is 6.18 Å². The number of likely N-dealkylation sites (tertiary alicyclic amines) is 1. The van der Waals surface area contributed by atoms with Gasteiger partial charge in [0.05, 0.1) is 11.1 Å². The molecule has 1 heterocycles. The zero-order valence-electron chi connectivity index (χ0n) is 22.7. The van der Waals surface area contributed by atoms with Gasteiger partial charge in [-0.2, -0.15) is 13.2 Å². The normalized spacial score (nSPS) is 27.7. The van der Waals surface area contributed by atoms with Crippen LogP contribution in [0.2, 0.25) is 0 Å². The van der Waals surface area contributed by atoms with Gasteiger partial charge in [-0.3, -0.25) is 19.3 Å². The number of carbonyl (C=O) groups is 3. The van der Waals surface area contributed by atoms with E-state index in [9.17, 15) is 48.0 Å². The number of aromatic hydroxyl groups is 1. The molecule has 4 aliphatic rings. The van der Waals surface area contributed by atoms with Gasteiger partial charge in [-0.25, -0.2) is 0 Å². The Labute approximate surface area is 234 Å². The van der Waals surface area contributed by atoms with Crippen LogP contribution in [-0.2, 0) is 33.5 Å². The molecule has 12 heteroatoms. The molecule has 0 bridgehead atoms. The Balaban J connectivity index is 1.60. The van der Waals surface area contributed by atoms with E-state index in [1.54, 1.807) is 0 Å². The summed E-state index contributed by atoms with van der Waals surface area (Å²) in [5, 5.41) is 44.0. The van der Waals surface area contributed by atoms with Crippen LogP contribution in [-0.4, -0.2) is 61.5 Å². The number of carbonyl (C=O) groups excluding carboxylic acids is 3. The predicted molar refractivity (Wildman–Crippen MR) is 139 cm³/mol. The molecule has 1 unspecified atom stereocenters. The van der Waals surface area contributed by atoms with Crippen molar-refractivity contribution in [2.45, 2.75) is 64.3 Å². The molecule has 2 fully saturated rings. The largest absolute Gasteiger partial charge is 0.508 e. The first kappa shape index (κ1) is 29.1. The molecular weight excluding hydrogens is 545 g/mol. The van der Waals surface area contributed by atoms with Crippen LogP contribution in [0.3, 0.4) is 0 Å². The highest BCUT2D eigenvalue weighted by atomic mass is 19.4. The molecule has 1 amide bonds. The first-order chi connectivity index (χ1) is 19.1. The predicted octanol–water partition coefficient (Wildman–Crippen LogP) is 3.31. The maximum absolute atomic E-state index is 14.6. The Morgan fingerprint density at radius 1 is 1.15 bits per heavy atom. The van der Waals surface area contributed by atoms with E-state index in [4.69, 9.17) is 5.73 Å². The Kier molecular flexibility index (Phi) is 7.01. The van der Waals surface area contributed by atoms with E-state index in [1.165, 1.54) is 0 Å². The minimum atomic E-state index is -4.85. The second-order valence-corrected chi connectivity index (χ2v) is 12.0. The number of hydrogen-bond acceptors (Lipinski definition) is 8. The van der Waals surface area contributed by atoms with Crippen molar-refractivity contribution in [2.24, 2.45) is 29.4 Å². The van der Waals surface area contributed by atoms with E-state index >= 15 is 0 Å². The van der Waals surface area contributed by atoms with Crippen molar-refractivity contribution in [2.75, 3.05) is 13.1 Å². The van der Waals surface area contributed by atoms with Gasteiger partial charge in [-0.15, -0.1) is 0 Å². The summed E-state index contributed by atoms with van der Waals surface area (Å²) in [7, 11) is 0. The van der Waals surface area contributed by atoms with Crippen LogP contribution in [0.5, 0.6) is 5.75 Å². The smallest absolute Gasteiger partial charge is 0.417 e. The van der Waals surface area contributed by atoms with Crippen LogP contribution in [0.25, 0.3) is 5.76 Å². The SMILES string of the molecule is CC(C)C1CCN(Cc2cc(O)c3c(c2C(F)(F)F)CC2C[C@H]4CC(=O)C(C(N)=O)=C(O)[C@@]4(O)C(=O)C2=C3O)CC1. The third-order valence-corrected chi connectivity index (χ3v) is 9.40. The van der Waals surface area contributed by atoms with Gasteiger partial charge in [-0.05, 0) is 73.7 Å². The van der Waals surface area contributed by atoms with Gasteiger partial charge in [0.2, 0.25) is 5.78 Å². The zero-order valence-corrected chi connectivity index (χ0v) is 22.7. The Morgan fingerprint density at radius 2 is 1.78 bits per heavy atom. The van der Waals surface area contributed by atoms with Gasteiger partial charge in [0.25, 0.3) is 5.91 Å². The van der Waals surface area contributed by atoms with Gasteiger partial charge in [0.1, 0.15) is 22.8 Å². The summed E-state index contributed by atoms with van der Waals surface area (Å²) in [6.07, 6.45) is -4.36. The Morgan fingerprint density at radius 3 is 2.34 bits per heavy atom. The molecule has 1 aliphatic heterocycles. The third kappa shape index (κ3) is 4.51. The van der Waals surface area contributed by atoms with Crippen molar-refractivity contribution >= 4 is 23.2 Å². The molecular formula is C29H33F3N2O7. The summed E-state index contributed by atoms with van der Waals surface area (Å²) in [6.45, 7) is 5.37. The van der Waals surface area contributed by atoms with Crippen molar-refractivity contribution in [1.82, 2.24) is 4.90 Å². The highest BCUT2D eigenvalue weighted by Gasteiger charge is 2.60. The lowest BCUT2D eigenvalue weighted by Gasteiger charge is -2.46. The minimum absolute atomic E-state index is 0.0626. The number of rotatable bonds is 4. The fraction of sp³-hybridized carbons (Fsp3) is 0.552. The molecule has 0 spiro atoms. The van der Waals surface area contributed by atoms with Crippen LogP contribution < -0.4 is 5.73 Å². The average molecular weight is 579 g/mol. The van der Waals surface area contributed by atoms with Crippen LogP contribution in [0.4, 0.5) is 13.2 Å². The molecule has 3 atom stereocenters. The Hall–Kier alpha value is -3.38. The molecule has 0 aromatic heterocycles. The second kappa shape index (κ2) is 9.87. The monoisotopic (exact) mass is 578 g/mol. The molecule has 5 rings (SSSR count). The number of nitrogens with two attached hydrogens (primary N) is 1. The number of primary amides is 1. The number of aliphatic hydroxyl groups excluding tert-OH is 2. The van der Waals surface area contributed by atoms with E-state index < -0.39 is 93.5 Å². The number of nitrogens with zero attached hydrogens (tertiary/aromatic N) is 1. The molecule has 3 aliphatic carbocycles. The van der Waals surface area contributed by atoms with Crippen LogP contribution >= 0.6 is 0 Å². The first-order valence-electron chi connectivity index (χ1n) is 13.7. The number of ketones is 2. The van der Waals surface area contributed by atoms with Crippen molar-refractivity contribution < 1.29 is 48.0 Å². The lowest BCUT2D eigenvalue weighted by Crippen LogP contribution is -2.58. The first-order valence-corrected chi connectivity index (χ1v) is 13.7. The van der Waals surface area contributed by atoms with E-state index in [0.717, 1.165) is 18.9 Å². The van der Waals surface area contributed by atoms with Gasteiger partial charge < -0.3 is 26.2 Å². The van der Waals surface area contributed by atoms with Gasteiger partial charge in [0.15, 0.2) is 11.4 Å². The molecule has 1 saturated carbocycles. The number of halogens is 3. The number of phenols is 1. The average Bonchev–Trinajstić information content (AvgIpc) is 2.85. The quantitative estimate of drug-likeness (QED) is 0.340. The van der Waals surface area contributed by atoms with E-state index in [-0.39, 0.29) is 24.1 Å². The highest BCUT2D eigenvalue weighted by molar-refractivity contribution is 6.22. The van der Waals surface area contributed by atoms with Crippen molar-refractivity contribution in [3.05, 3.63) is 45.2 Å². The summed E-state index contributed by atoms with van der Waals surface area (Å²) in [6, 6.07) is 0.958. The van der Waals surface area contributed by atoms with Gasteiger partial charge in [-0.1, -0.05) is 13.8 Å². The molecule has 6 N–H and O–H groups in total. The third-order valence-electron chi connectivity index (χ3n) is 9.40. The number of piperidine rings is 1. The zero-order chi connectivity index (χ0) is 30.2. The minimum Gasteiger partial charge on any atom is -0.508 e. The number of Topliss-reactive ketones (excluding diaryl/α,β-unsaturated/α-hetero) is 2. The number of alkyl halides is 3. The molecule has 1 aromatic carbocycles. The lowest BCUT2D eigenvalue weighted by molar-refractivity contribution is -0.147. The number of hydrogen-bond donors (Lipinski definition) is 5. The summed E-state index contributed by atoms with van der Waals surface area (Å²) in [5.41, 5.74) is -1.09. The van der Waals surface area contributed by atoms with Crippen molar-refractivity contribution in [3.63, 3.8) is 0 Å². The Bertz CT molecular complexity index is 1410. The lowest BCUT2D eigenvalue weighted by atomic mass is 9.59. The summed E-state index contributed by atoms with van der Waals surface area (Å²) >= 11 is 0. The number of phenolic OH excluding ortho intramolecular Hbond substituents is 1. The summed E-state index contributed by atoms with van der Waals surface area (Å²) in [5.74, 6) is -7.70. The van der Waals surface area contributed by atoms with E-state index in [1.807, 2.05) is 4.90 Å². The molecule has 1 aromatic rings. The van der Waals surface area contributed by atoms with E-state index in [0.29, 0.717) is 24.9 Å². The molecule has 1 saturated heterocycles. The van der Waals surface area contributed by atoms with Crippen molar-refractivity contribution in [1.29, 1.82) is 0 Å². The maximum Gasteiger partial charge on any atom is 0.417 e. The van der Waals surface area contributed by atoms with Crippen LogP contribution in [0.15, 0.2) is 23.0 Å². The fourth-order valence-electron chi connectivity index (χ4n) is 7.26. The second-order valence-electron chi connectivity index (χ2n) is 12.0. The molecule has 41 heavy (non-hydrogen) atoms. The molecule has 9 nitrogen and oxygen atoms in total. The fourth-order valence-corrected chi connectivity index (χ4v) is 7.26. The molecule has 222 valence electrons. The van der Waals surface area contributed by atoms with Gasteiger partial charge in [0, 0.05) is 24.5 Å². The number of aliphatic hydroxyl groups is 3. The molecule has 0 radical (unpaired) electrons. The standard InChI is InChI=1S/C29H33F3N2O7/c1-12(2)13-3-5-34(6-4-13)11-15-9-18(35)21-17(23(15)29(30,31)32)8-14-7-16-10-19(36)22(27(33)40)26(39)28(16,41)25(38)20(14)24(21)37/h9,12-14,16,35,37,39,41H,3-8,10-11H2,1-2H3,(H2,33,40)/t14?,16-,28-/m0/s1. The summed E-state index contributed by atoms with van der Waals surface area (Å²) in [4.78, 5) is 39.8. The highest BCUT2D eigenvalue weighted by Crippen LogP contribution is 2.54. The summed E-state index contributed by atoms with van der Waals surface area (Å²) < 4.78 is 43.9. The van der Waals surface area contributed by atoms with E-state index in [2.05, 4.69) is 13.8 Å². The number of benzene rings is 1.